The van der Waals surface area contributed by atoms with Crippen molar-refractivity contribution in [1.82, 2.24) is 5.32 Å². The van der Waals surface area contributed by atoms with Crippen LogP contribution in [-0.4, -0.2) is 6.04 Å². The largest absolute Gasteiger partial charge is 0.310 e. The molecule has 0 aliphatic carbocycles. The first-order valence-electron chi connectivity index (χ1n) is 6.45. The summed E-state index contributed by atoms with van der Waals surface area (Å²) in [7, 11) is 0. The average molecular weight is 357 g/mol. The molecule has 0 heterocycles. The van der Waals surface area contributed by atoms with Gasteiger partial charge in [-0.25, -0.2) is 4.39 Å². The molecule has 0 aromatic heterocycles. The minimum atomic E-state index is -0.394. The van der Waals surface area contributed by atoms with Crippen LogP contribution in [-0.2, 0) is 6.54 Å². The lowest BCUT2D eigenvalue weighted by atomic mass is 10.0. The predicted molar refractivity (Wildman–Crippen MR) is 86.5 cm³/mol. The van der Waals surface area contributed by atoms with Gasteiger partial charge in [0.2, 0.25) is 0 Å². The van der Waals surface area contributed by atoms with Gasteiger partial charge in [0.05, 0.1) is 5.02 Å². The maximum atomic E-state index is 14.2. The summed E-state index contributed by atoms with van der Waals surface area (Å²) in [4.78, 5) is 0. The van der Waals surface area contributed by atoms with Gasteiger partial charge in [0.1, 0.15) is 0 Å². The molecule has 0 bridgehead atoms. The average Bonchev–Trinajstić information content (AvgIpc) is 2.43. The quantitative estimate of drug-likeness (QED) is 0.723. The van der Waals surface area contributed by atoms with Crippen LogP contribution in [0.3, 0.4) is 0 Å². The SMILES string of the molecule is CC(C)NCc1cccc(-c2ccc(Br)c(Cl)c2F)c1. The van der Waals surface area contributed by atoms with E-state index in [0.29, 0.717) is 16.1 Å². The van der Waals surface area contributed by atoms with Crippen molar-refractivity contribution in [1.29, 1.82) is 0 Å². The molecule has 0 radical (unpaired) electrons. The molecule has 0 spiro atoms. The molecule has 20 heavy (non-hydrogen) atoms. The molecule has 1 N–H and O–H groups in total. The van der Waals surface area contributed by atoms with E-state index in [1.165, 1.54) is 0 Å². The van der Waals surface area contributed by atoms with Crippen molar-refractivity contribution >= 4 is 27.5 Å². The van der Waals surface area contributed by atoms with Gasteiger partial charge >= 0.3 is 0 Å². The number of benzene rings is 2. The maximum absolute atomic E-state index is 14.2. The fraction of sp³-hybridized carbons (Fsp3) is 0.250. The van der Waals surface area contributed by atoms with E-state index in [4.69, 9.17) is 11.6 Å². The van der Waals surface area contributed by atoms with Gasteiger partial charge in [0.15, 0.2) is 5.82 Å². The van der Waals surface area contributed by atoms with Crippen LogP contribution in [0.25, 0.3) is 11.1 Å². The van der Waals surface area contributed by atoms with E-state index in [2.05, 4.69) is 35.1 Å². The van der Waals surface area contributed by atoms with Crippen LogP contribution in [0.4, 0.5) is 4.39 Å². The summed E-state index contributed by atoms with van der Waals surface area (Å²) in [5, 5.41) is 3.47. The molecule has 0 saturated carbocycles. The van der Waals surface area contributed by atoms with Gasteiger partial charge in [0, 0.05) is 22.6 Å². The van der Waals surface area contributed by atoms with Crippen LogP contribution < -0.4 is 5.32 Å². The van der Waals surface area contributed by atoms with E-state index in [-0.39, 0.29) is 5.02 Å². The standard InChI is InChI=1S/C16H16BrClFN/c1-10(2)20-9-11-4-3-5-12(8-11)13-6-7-14(17)15(18)16(13)19/h3-8,10,20H,9H2,1-2H3. The lowest BCUT2D eigenvalue weighted by Gasteiger charge is -2.11. The van der Waals surface area contributed by atoms with Crippen molar-refractivity contribution in [2.75, 3.05) is 0 Å². The molecule has 0 saturated heterocycles. The second-order valence-electron chi connectivity index (χ2n) is 4.96. The molecule has 1 nitrogen and oxygen atoms in total. The maximum Gasteiger partial charge on any atom is 0.150 e. The van der Waals surface area contributed by atoms with Gasteiger partial charge in [-0.1, -0.05) is 49.7 Å². The van der Waals surface area contributed by atoms with E-state index in [1.54, 1.807) is 12.1 Å². The highest BCUT2D eigenvalue weighted by Gasteiger charge is 2.12. The first-order valence-corrected chi connectivity index (χ1v) is 7.62. The third kappa shape index (κ3) is 3.60. The van der Waals surface area contributed by atoms with E-state index < -0.39 is 5.82 Å². The first-order chi connectivity index (χ1) is 9.49. The molecule has 4 heteroatoms. The molecule has 0 fully saturated rings. The van der Waals surface area contributed by atoms with Gasteiger partial charge in [-0.2, -0.15) is 0 Å². The Bertz CT molecular complexity index is 613. The van der Waals surface area contributed by atoms with Crippen LogP contribution in [0.1, 0.15) is 19.4 Å². The molecule has 0 amide bonds. The molecule has 2 rings (SSSR count). The van der Waals surface area contributed by atoms with E-state index in [1.807, 2.05) is 24.3 Å². The number of hydrogen-bond donors (Lipinski definition) is 1. The number of rotatable bonds is 4. The minimum Gasteiger partial charge on any atom is -0.310 e. The normalized spacial score (nSPS) is 11.1. The lowest BCUT2D eigenvalue weighted by molar-refractivity contribution is 0.589. The van der Waals surface area contributed by atoms with Crippen molar-refractivity contribution < 1.29 is 4.39 Å². The van der Waals surface area contributed by atoms with E-state index in [0.717, 1.165) is 17.7 Å². The van der Waals surface area contributed by atoms with Crippen molar-refractivity contribution in [3.8, 4) is 11.1 Å². The Morgan fingerprint density at radius 2 is 2.00 bits per heavy atom. The van der Waals surface area contributed by atoms with Gasteiger partial charge in [-0.05, 0) is 39.2 Å². The topological polar surface area (TPSA) is 12.0 Å². The highest BCUT2D eigenvalue weighted by atomic mass is 79.9. The van der Waals surface area contributed by atoms with Gasteiger partial charge in [0.25, 0.3) is 0 Å². The predicted octanol–water partition coefficient (Wildman–Crippen LogP) is 5.41. The molecule has 0 aliphatic heterocycles. The Balaban J connectivity index is 2.34. The first kappa shape index (κ1) is 15.5. The molecule has 0 atom stereocenters. The van der Waals surface area contributed by atoms with Crippen LogP contribution in [0, 0.1) is 5.82 Å². The Labute approximate surface area is 132 Å². The molecule has 106 valence electrons. The summed E-state index contributed by atoms with van der Waals surface area (Å²) in [6.07, 6.45) is 0. The highest BCUT2D eigenvalue weighted by molar-refractivity contribution is 9.10. The number of nitrogens with one attached hydrogen (secondary N) is 1. The lowest BCUT2D eigenvalue weighted by Crippen LogP contribution is -2.21. The Morgan fingerprint density at radius 3 is 2.70 bits per heavy atom. The molecule has 0 unspecified atom stereocenters. The number of halogens is 3. The summed E-state index contributed by atoms with van der Waals surface area (Å²) >= 11 is 9.17. The van der Waals surface area contributed by atoms with E-state index in [9.17, 15) is 4.39 Å². The third-order valence-corrected chi connectivity index (χ3v) is 4.25. The zero-order valence-electron chi connectivity index (χ0n) is 11.4. The zero-order valence-corrected chi connectivity index (χ0v) is 13.7. The van der Waals surface area contributed by atoms with Gasteiger partial charge in [-0.3, -0.25) is 0 Å². The Kier molecular flexibility index (Phi) is 5.19. The molecule has 0 aliphatic rings. The van der Waals surface area contributed by atoms with Crippen LogP contribution in [0.5, 0.6) is 0 Å². The second kappa shape index (κ2) is 6.70. The minimum absolute atomic E-state index is 0.119. The second-order valence-corrected chi connectivity index (χ2v) is 6.19. The van der Waals surface area contributed by atoms with Crippen molar-refractivity contribution in [2.24, 2.45) is 0 Å². The summed E-state index contributed by atoms with van der Waals surface area (Å²) in [5.41, 5.74) is 2.47. The van der Waals surface area contributed by atoms with Crippen molar-refractivity contribution in [3.05, 3.63) is 57.3 Å². The fourth-order valence-corrected chi connectivity index (χ4v) is 2.39. The van der Waals surface area contributed by atoms with Crippen LogP contribution in [0.2, 0.25) is 5.02 Å². The molecular formula is C16H16BrClFN. The van der Waals surface area contributed by atoms with Gasteiger partial charge in [-0.15, -0.1) is 0 Å². The summed E-state index contributed by atoms with van der Waals surface area (Å²) in [5.74, 6) is -0.394. The van der Waals surface area contributed by atoms with E-state index >= 15 is 0 Å². The number of hydrogen-bond acceptors (Lipinski definition) is 1. The summed E-state index contributed by atoms with van der Waals surface area (Å²) in [6.45, 7) is 4.95. The summed E-state index contributed by atoms with van der Waals surface area (Å²) < 4.78 is 14.8. The highest BCUT2D eigenvalue weighted by Crippen LogP contribution is 2.33. The third-order valence-electron chi connectivity index (χ3n) is 2.99. The van der Waals surface area contributed by atoms with Crippen LogP contribution >= 0.6 is 27.5 Å². The Morgan fingerprint density at radius 1 is 1.25 bits per heavy atom. The summed E-state index contributed by atoms with van der Waals surface area (Å²) in [6, 6.07) is 11.7. The molecular weight excluding hydrogens is 341 g/mol. The van der Waals surface area contributed by atoms with Gasteiger partial charge < -0.3 is 5.32 Å². The van der Waals surface area contributed by atoms with Crippen molar-refractivity contribution in [2.45, 2.75) is 26.4 Å². The molecule has 2 aromatic rings. The monoisotopic (exact) mass is 355 g/mol. The zero-order chi connectivity index (χ0) is 14.7. The smallest absolute Gasteiger partial charge is 0.150 e. The van der Waals surface area contributed by atoms with Crippen molar-refractivity contribution in [3.63, 3.8) is 0 Å². The molecule has 2 aromatic carbocycles. The van der Waals surface area contributed by atoms with Crippen LogP contribution in [0.15, 0.2) is 40.9 Å². The Hall–Kier alpha value is -0.900. The fourth-order valence-electron chi connectivity index (χ4n) is 1.92.